The van der Waals surface area contributed by atoms with Crippen molar-refractivity contribution >= 4 is 17.4 Å². The van der Waals surface area contributed by atoms with Crippen LogP contribution >= 0.6 is 0 Å². The van der Waals surface area contributed by atoms with Gasteiger partial charge >= 0.3 is 0 Å². The number of carbonyl (C=O) groups is 1. The van der Waals surface area contributed by atoms with E-state index in [9.17, 15) is 4.79 Å². The van der Waals surface area contributed by atoms with Crippen molar-refractivity contribution < 1.29 is 9.53 Å². The Morgan fingerprint density at radius 2 is 2.10 bits per heavy atom. The summed E-state index contributed by atoms with van der Waals surface area (Å²) in [5.74, 6) is 1.31. The van der Waals surface area contributed by atoms with E-state index in [0.29, 0.717) is 19.0 Å². The fraction of sp³-hybridized carbons (Fsp3) is 0.200. The molecule has 5 nitrogen and oxygen atoms in total. The molecule has 102 valence electrons. The number of hydrogen-bond donors (Lipinski definition) is 1. The Morgan fingerprint density at radius 1 is 1.25 bits per heavy atom. The van der Waals surface area contributed by atoms with Crippen LogP contribution in [0.3, 0.4) is 0 Å². The Hall–Kier alpha value is -2.56. The highest BCUT2D eigenvalue weighted by molar-refractivity contribution is 5.93. The van der Waals surface area contributed by atoms with Crippen LogP contribution in [0.25, 0.3) is 0 Å². The number of aromatic nitrogens is 1. The highest BCUT2D eigenvalue weighted by Crippen LogP contribution is 2.30. The van der Waals surface area contributed by atoms with E-state index in [-0.39, 0.29) is 12.5 Å². The van der Waals surface area contributed by atoms with E-state index in [1.165, 1.54) is 0 Å². The number of anilines is 2. The SMILES string of the molecule is O=C(CN1CCOc2ccccc21)Nc1ccccn1. The number of nitrogens with zero attached hydrogens (tertiary/aromatic N) is 2. The predicted octanol–water partition coefficient (Wildman–Crippen LogP) is 1.92. The number of carbonyl (C=O) groups excluding carboxylic acids is 1. The Morgan fingerprint density at radius 3 is 2.95 bits per heavy atom. The zero-order chi connectivity index (χ0) is 13.8. The first-order chi connectivity index (χ1) is 9.83. The molecule has 1 aromatic carbocycles. The molecule has 2 aromatic rings. The van der Waals surface area contributed by atoms with Crippen LogP contribution in [0.15, 0.2) is 48.7 Å². The molecule has 0 spiro atoms. The summed E-state index contributed by atoms with van der Waals surface area (Å²) in [5.41, 5.74) is 0.954. The molecule has 0 saturated carbocycles. The Kier molecular flexibility index (Phi) is 3.50. The van der Waals surface area contributed by atoms with Crippen molar-refractivity contribution in [2.75, 3.05) is 29.9 Å². The number of benzene rings is 1. The number of hydrogen-bond acceptors (Lipinski definition) is 4. The van der Waals surface area contributed by atoms with Crippen LogP contribution in [0.2, 0.25) is 0 Å². The summed E-state index contributed by atoms with van der Waals surface area (Å²) >= 11 is 0. The minimum atomic E-state index is -0.0830. The van der Waals surface area contributed by atoms with Crippen molar-refractivity contribution in [2.24, 2.45) is 0 Å². The topological polar surface area (TPSA) is 54.5 Å². The second-order valence-electron chi connectivity index (χ2n) is 4.50. The Balaban J connectivity index is 1.68. The second kappa shape index (κ2) is 5.61. The number of para-hydroxylation sites is 2. The number of pyridine rings is 1. The van der Waals surface area contributed by atoms with Gasteiger partial charge in [0.2, 0.25) is 5.91 Å². The zero-order valence-corrected chi connectivity index (χ0v) is 11.0. The summed E-state index contributed by atoms with van der Waals surface area (Å²) in [6.07, 6.45) is 1.65. The van der Waals surface area contributed by atoms with E-state index in [4.69, 9.17) is 4.74 Å². The number of amides is 1. The van der Waals surface area contributed by atoms with Gasteiger partial charge in [0.15, 0.2) is 0 Å². The van der Waals surface area contributed by atoms with Gasteiger partial charge in [0.25, 0.3) is 0 Å². The summed E-state index contributed by atoms with van der Waals surface area (Å²) in [6.45, 7) is 1.58. The molecule has 1 aromatic heterocycles. The lowest BCUT2D eigenvalue weighted by molar-refractivity contribution is -0.115. The average molecular weight is 269 g/mol. The van der Waals surface area contributed by atoms with Crippen molar-refractivity contribution in [1.82, 2.24) is 4.98 Å². The molecule has 3 rings (SSSR count). The van der Waals surface area contributed by atoms with E-state index < -0.39 is 0 Å². The normalized spacial score (nSPS) is 13.3. The second-order valence-corrected chi connectivity index (χ2v) is 4.50. The molecule has 0 saturated heterocycles. The van der Waals surface area contributed by atoms with Gasteiger partial charge < -0.3 is 15.0 Å². The van der Waals surface area contributed by atoms with E-state index in [1.54, 1.807) is 12.3 Å². The third-order valence-corrected chi connectivity index (χ3v) is 3.09. The van der Waals surface area contributed by atoms with Gasteiger partial charge in [0.05, 0.1) is 18.8 Å². The molecule has 0 unspecified atom stereocenters. The molecule has 1 amide bonds. The third-order valence-electron chi connectivity index (χ3n) is 3.09. The summed E-state index contributed by atoms with van der Waals surface area (Å²) < 4.78 is 5.57. The first-order valence-corrected chi connectivity index (χ1v) is 6.50. The van der Waals surface area contributed by atoms with Crippen LogP contribution in [-0.4, -0.2) is 30.6 Å². The molecule has 0 bridgehead atoms. The molecule has 0 atom stereocenters. The highest BCUT2D eigenvalue weighted by Gasteiger charge is 2.19. The monoisotopic (exact) mass is 269 g/mol. The van der Waals surface area contributed by atoms with Gasteiger partial charge in [-0.15, -0.1) is 0 Å². The van der Waals surface area contributed by atoms with Gasteiger partial charge in [-0.2, -0.15) is 0 Å². The van der Waals surface area contributed by atoms with Crippen LogP contribution in [0.4, 0.5) is 11.5 Å². The van der Waals surface area contributed by atoms with Gasteiger partial charge in [-0.1, -0.05) is 18.2 Å². The largest absolute Gasteiger partial charge is 0.490 e. The molecule has 1 aliphatic rings. The standard InChI is InChI=1S/C15H15N3O2/c19-15(17-14-7-3-4-8-16-14)11-18-9-10-20-13-6-2-1-5-12(13)18/h1-8H,9-11H2,(H,16,17,19). The lowest BCUT2D eigenvalue weighted by Crippen LogP contribution is -2.38. The molecular weight excluding hydrogens is 254 g/mol. The maximum Gasteiger partial charge on any atom is 0.245 e. The third kappa shape index (κ3) is 2.71. The van der Waals surface area contributed by atoms with Crippen molar-refractivity contribution in [1.29, 1.82) is 0 Å². The molecule has 5 heteroatoms. The fourth-order valence-electron chi connectivity index (χ4n) is 2.18. The van der Waals surface area contributed by atoms with Crippen molar-refractivity contribution in [3.8, 4) is 5.75 Å². The van der Waals surface area contributed by atoms with Gasteiger partial charge in [-0.3, -0.25) is 4.79 Å². The number of nitrogens with one attached hydrogen (secondary N) is 1. The quantitative estimate of drug-likeness (QED) is 0.925. The summed E-state index contributed by atoms with van der Waals surface area (Å²) in [7, 11) is 0. The lowest BCUT2D eigenvalue weighted by atomic mass is 10.2. The maximum absolute atomic E-state index is 12.1. The van der Waals surface area contributed by atoms with Crippen molar-refractivity contribution in [3.05, 3.63) is 48.7 Å². The number of ether oxygens (including phenoxy) is 1. The van der Waals surface area contributed by atoms with Gasteiger partial charge in [-0.25, -0.2) is 4.98 Å². The summed E-state index contributed by atoms with van der Waals surface area (Å²) in [6, 6.07) is 13.2. The van der Waals surface area contributed by atoms with Crippen molar-refractivity contribution in [2.45, 2.75) is 0 Å². The fourth-order valence-corrected chi connectivity index (χ4v) is 2.18. The van der Waals surface area contributed by atoms with Crippen molar-refractivity contribution in [3.63, 3.8) is 0 Å². The number of fused-ring (bicyclic) bond motifs is 1. The van der Waals surface area contributed by atoms with E-state index in [2.05, 4.69) is 10.3 Å². The molecule has 0 fully saturated rings. The van der Waals surface area contributed by atoms with Gasteiger partial charge in [-0.05, 0) is 24.3 Å². The predicted molar refractivity (Wildman–Crippen MR) is 77.0 cm³/mol. The van der Waals surface area contributed by atoms with Crippen LogP contribution in [0.1, 0.15) is 0 Å². The number of rotatable bonds is 3. The molecule has 0 radical (unpaired) electrons. The zero-order valence-electron chi connectivity index (χ0n) is 11.0. The van der Waals surface area contributed by atoms with Gasteiger partial charge in [0, 0.05) is 6.20 Å². The first-order valence-electron chi connectivity index (χ1n) is 6.50. The molecule has 0 aliphatic carbocycles. The van der Waals surface area contributed by atoms with Crippen LogP contribution < -0.4 is 15.0 Å². The molecule has 20 heavy (non-hydrogen) atoms. The summed E-state index contributed by atoms with van der Waals surface area (Å²) in [4.78, 5) is 18.1. The van der Waals surface area contributed by atoms with E-state index in [0.717, 1.165) is 11.4 Å². The van der Waals surface area contributed by atoms with Crippen LogP contribution in [-0.2, 0) is 4.79 Å². The molecule has 1 N–H and O–H groups in total. The molecule has 2 heterocycles. The molecule has 1 aliphatic heterocycles. The Labute approximate surface area is 117 Å². The van der Waals surface area contributed by atoms with E-state index in [1.807, 2.05) is 41.3 Å². The van der Waals surface area contributed by atoms with Crippen LogP contribution in [0, 0.1) is 0 Å². The lowest BCUT2D eigenvalue weighted by Gasteiger charge is -2.30. The van der Waals surface area contributed by atoms with E-state index >= 15 is 0 Å². The summed E-state index contributed by atoms with van der Waals surface area (Å²) in [5, 5.41) is 2.79. The average Bonchev–Trinajstić information content (AvgIpc) is 2.48. The minimum absolute atomic E-state index is 0.0830. The minimum Gasteiger partial charge on any atom is -0.490 e. The highest BCUT2D eigenvalue weighted by atomic mass is 16.5. The smallest absolute Gasteiger partial charge is 0.245 e. The molecular formula is C15H15N3O2. The Bertz CT molecular complexity index is 601. The van der Waals surface area contributed by atoms with Crippen LogP contribution in [0.5, 0.6) is 5.75 Å². The van der Waals surface area contributed by atoms with Gasteiger partial charge in [0.1, 0.15) is 18.2 Å². The first kappa shape index (κ1) is 12.5. The maximum atomic E-state index is 12.1.